The molecule has 9 heteroatoms. The zero-order valence-corrected chi connectivity index (χ0v) is 17.2. The van der Waals surface area contributed by atoms with Crippen molar-refractivity contribution in [1.29, 1.82) is 0 Å². The third-order valence-corrected chi connectivity index (χ3v) is 6.18. The van der Waals surface area contributed by atoms with Crippen LogP contribution in [-0.2, 0) is 4.79 Å². The monoisotopic (exact) mass is 491 g/mol. The molecular weight excluding hydrogens is 478 g/mol. The Bertz CT molecular complexity index is 1030. The molecule has 2 amide bonds. The number of piperazine rings is 1. The number of H-pyrrole nitrogens is 1. The van der Waals surface area contributed by atoms with Crippen molar-refractivity contribution < 1.29 is 9.59 Å². The number of fused-ring (bicyclic) bond motifs is 1. The maximum Gasteiger partial charge on any atom is 0.257 e. The van der Waals surface area contributed by atoms with E-state index < -0.39 is 0 Å². The molecule has 7 nitrogen and oxygen atoms in total. The molecule has 0 aliphatic carbocycles. The molecule has 4 rings (SSSR count). The summed E-state index contributed by atoms with van der Waals surface area (Å²) in [4.78, 5) is 33.5. The fourth-order valence-corrected chi connectivity index (χ4v) is 3.67. The summed E-state index contributed by atoms with van der Waals surface area (Å²) in [7, 11) is 0. The number of carbonyl (C=O) groups is 2. The summed E-state index contributed by atoms with van der Waals surface area (Å²) in [5.41, 5.74) is 2.01. The summed E-state index contributed by atoms with van der Waals surface area (Å²) in [6, 6.07) is 7.40. The van der Waals surface area contributed by atoms with Gasteiger partial charge >= 0.3 is 0 Å². The third-order valence-electron chi connectivity index (χ3n) is 4.34. The van der Waals surface area contributed by atoms with E-state index in [4.69, 9.17) is 0 Å². The second-order valence-corrected chi connectivity index (χ2v) is 7.85. The molecule has 1 aliphatic heterocycles. The zero-order valence-electron chi connectivity index (χ0n) is 14.1. The van der Waals surface area contributed by atoms with E-state index in [0.717, 1.165) is 19.8 Å². The Morgan fingerprint density at radius 2 is 2.04 bits per heavy atom. The number of rotatable bonds is 3. The van der Waals surface area contributed by atoms with E-state index in [-0.39, 0.29) is 11.8 Å². The molecule has 1 fully saturated rings. The van der Waals surface area contributed by atoms with E-state index in [1.165, 1.54) is 0 Å². The number of halogens is 2. The van der Waals surface area contributed by atoms with Crippen LogP contribution in [0.25, 0.3) is 10.9 Å². The number of hydrogen-bond acceptors (Lipinski definition) is 4. The number of benzene rings is 1. The summed E-state index contributed by atoms with van der Waals surface area (Å²) >= 11 is 6.92. The van der Waals surface area contributed by atoms with Gasteiger partial charge < -0.3 is 20.5 Å². The Morgan fingerprint density at radius 3 is 2.78 bits per heavy atom. The van der Waals surface area contributed by atoms with E-state index in [2.05, 4.69) is 52.5 Å². The van der Waals surface area contributed by atoms with Gasteiger partial charge in [-0.1, -0.05) is 0 Å². The zero-order chi connectivity index (χ0) is 19.0. The lowest BCUT2D eigenvalue weighted by Crippen LogP contribution is -2.48. The van der Waals surface area contributed by atoms with Crippen molar-refractivity contribution >= 4 is 66.1 Å². The molecule has 3 heterocycles. The highest BCUT2D eigenvalue weighted by atomic mass is 79.9. The molecule has 2 aromatic heterocycles. The molecule has 138 valence electrons. The molecule has 3 N–H and O–H groups in total. The first-order chi connectivity index (χ1) is 13.0. The largest absolute Gasteiger partial charge is 0.360 e. The molecule has 3 aromatic rings. The smallest absolute Gasteiger partial charge is 0.257 e. The highest BCUT2D eigenvalue weighted by Gasteiger charge is 2.18. The molecule has 1 aliphatic rings. The fourth-order valence-electron chi connectivity index (χ4n) is 2.98. The molecule has 0 unspecified atom stereocenters. The molecule has 1 saturated heterocycles. The van der Waals surface area contributed by atoms with Gasteiger partial charge in [-0.15, -0.1) is 0 Å². The quantitative estimate of drug-likeness (QED) is 0.523. The lowest BCUT2D eigenvalue weighted by Gasteiger charge is -2.27. The van der Waals surface area contributed by atoms with Crippen LogP contribution in [0.2, 0.25) is 0 Å². The lowest BCUT2D eigenvalue weighted by molar-refractivity contribution is -0.120. The second kappa shape index (κ2) is 7.32. The summed E-state index contributed by atoms with van der Waals surface area (Å²) in [6.45, 7) is 1.61. The molecule has 27 heavy (non-hydrogen) atoms. The standard InChI is InChI=1S/C18H15Br2N5O2/c19-13-5-11-12(8-22-15(11)6-14(13)20)18(27)24-10-1-2-16(23-7-10)25-4-3-21-17(26)9-25/h1-2,5-8,22H,3-4,9H2,(H,21,26)(H,24,27). The van der Waals surface area contributed by atoms with E-state index >= 15 is 0 Å². The number of nitrogens with one attached hydrogen (secondary N) is 3. The normalized spacial score (nSPS) is 14.3. The van der Waals surface area contributed by atoms with Crippen LogP contribution in [-0.4, -0.2) is 41.4 Å². The first kappa shape index (κ1) is 18.0. The van der Waals surface area contributed by atoms with E-state index in [0.29, 0.717) is 36.7 Å². The summed E-state index contributed by atoms with van der Waals surface area (Å²) in [6.07, 6.45) is 3.29. The minimum Gasteiger partial charge on any atom is -0.360 e. The summed E-state index contributed by atoms with van der Waals surface area (Å²) in [5.74, 6) is 0.476. The Hall–Kier alpha value is -2.39. The Labute approximate surface area is 171 Å². The average Bonchev–Trinajstić information content (AvgIpc) is 3.05. The molecule has 0 bridgehead atoms. The van der Waals surface area contributed by atoms with E-state index in [1.807, 2.05) is 17.0 Å². The van der Waals surface area contributed by atoms with Crippen LogP contribution in [0, 0.1) is 0 Å². The van der Waals surface area contributed by atoms with E-state index in [9.17, 15) is 9.59 Å². The van der Waals surface area contributed by atoms with Crippen molar-refractivity contribution in [1.82, 2.24) is 15.3 Å². The van der Waals surface area contributed by atoms with Crippen molar-refractivity contribution in [2.24, 2.45) is 0 Å². The van der Waals surface area contributed by atoms with Crippen LogP contribution in [0.4, 0.5) is 11.5 Å². The van der Waals surface area contributed by atoms with Crippen molar-refractivity contribution in [3.05, 3.63) is 51.2 Å². The topological polar surface area (TPSA) is 90.1 Å². The number of amides is 2. The predicted octanol–water partition coefficient (Wildman–Crippen LogP) is 3.28. The lowest BCUT2D eigenvalue weighted by atomic mass is 10.1. The number of carbonyl (C=O) groups excluding carboxylic acids is 2. The van der Waals surface area contributed by atoms with Gasteiger partial charge in [0.15, 0.2) is 0 Å². The summed E-state index contributed by atoms with van der Waals surface area (Å²) < 4.78 is 1.79. The van der Waals surface area contributed by atoms with Crippen molar-refractivity contribution in [2.75, 3.05) is 29.9 Å². The molecule has 0 saturated carbocycles. The highest BCUT2D eigenvalue weighted by Crippen LogP contribution is 2.30. The number of aromatic amines is 1. The number of hydrogen-bond donors (Lipinski definition) is 3. The Kier molecular flexibility index (Phi) is 4.88. The molecule has 0 radical (unpaired) electrons. The summed E-state index contributed by atoms with van der Waals surface area (Å²) in [5, 5.41) is 6.47. The van der Waals surface area contributed by atoms with Gasteiger partial charge in [0.25, 0.3) is 5.91 Å². The second-order valence-electron chi connectivity index (χ2n) is 6.14. The van der Waals surface area contributed by atoms with Crippen LogP contribution in [0.5, 0.6) is 0 Å². The van der Waals surface area contributed by atoms with Crippen LogP contribution in [0.1, 0.15) is 10.4 Å². The minimum absolute atomic E-state index is 0.0161. The highest BCUT2D eigenvalue weighted by molar-refractivity contribution is 9.13. The SMILES string of the molecule is O=C1CN(c2ccc(NC(=O)c3c[nH]c4cc(Br)c(Br)cc34)cn2)CCN1. The van der Waals surface area contributed by atoms with Gasteiger partial charge in [0.2, 0.25) is 5.91 Å². The van der Waals surface area contributed by atoms with Gasteiger partial charge in [-0.05, 0) is 56.1 Å². The van der Waals surface area contributed by atoms with E-state index in [1.54, 1.807) is 24.5 Å². The van der Waals surface area contributed by atoms with Gasteiger partial charge in [0.05, 0.1) is 24.0 Å². The molecular formula is C18H15Br2N5O2. The predicted molar refractivity (Wildman–Crippen MR) is 111 cm³/mol. The van der Waals surface area contributed by atoms with Gasteiger partial charge in [-0.3, -0.25) is 9.59 Å². The number of aromatic nitrogens is 2. The molecule has 0 atom stereocenters. The average molecular weight is 493 g/mol. The fraction of sp³-hybridized carbons (Fsp3) is 0.167. The van der Waals surface area contributed by atoms with Crippen molar-refractivity contribution in [3.8, 4) is 0 Å². The van der Waals surface area contributed by atoms with Gasteiger partial charge in [0, 0.05) is 39.1 Å². The van der Waals surface area contributed by atoms with Crippen LogP contribution in [0.3, 0.4) is 0 Å². The van der Waals surface area contributed by atoms with Gasteiger partial charge in [0.1, 0.15) is 5.82 Å². The Balaban J connectivity index is 1.51. The van der Waals surface area contributed by atoms with Gasteiger partial charge in [-0.25, -0.2) is 4.98 Å². The first-order valence-electron chi connectivity index (χ1n) is 8.26. The number of anilines is 2. The maximum atomic E-state index is 12.7. The van der Waals surface area contributed by atoms with Gasteiger partial charge in [-0.2, -0.15) is 0 Å². The van der Waals surface area contributed by atoms with Crippen LogP contribution in [0.15, 0.2) is 45.6 Å². The Morgan fingerprint density at radius 1 is 1.22 bits per heavy atom. The van der Waals surface area contributed by atoms with Crippen LogP contribution >= 0.6 is 31.9 Å². The maximum absolute atomic E-state index is 12.7. The van der Waals surface area contributed by atoms with Crippen LogP contribution < -0.4 is 15.5 Å². The minimum atomic E-state index is -0.220. The molecule has 1 aromatic carbocycles. The third kappa shape index (κ3) is 3.70. The van der Waals surface area contributed by atoms with Crippen molar-refractivity contribution in [2.45, 2.75) is 0 Å². The number of nitrogens with zero attached hydrogens (tertiary/aromatic N) is 2. The van der Waals surface area contributed by atoms with Crippen molar-refractivity contribution in [3.63, 3.8) is 0 Å². The number of pyridine rings is 1. The first-order valence-corrected chi connectivity index (χ1v) is 9.85. The molecule has 0 spiro atoms.